The number of rotatable bonds is 7. The van der Waals surface area contributed by atoms with Gasteiger partial charge in [0.05, 0.1) is 13.2 Å². The predicted molar refractivity (Wildman–Crippen MR) is 74.1 cm³/mol. The van der Waals surface area contributed by atoms with Crippen molar-refractivity contribution < 1.29 is 19.1 Å². The molecule has 1 N–H and O–H groups in total. The second-order valence-electron chi connectivity index (χ2n) is 5.82. The van der Waals surface area contributed by atoms with Crippen molar-refractivity contribution >= 4 is 11.9 Å². The molecule has 5 nitrogen and oxygen atoms in total. The molecule has 2 fully saturated rings. The number of hydrogen-bond acceptors (Lipinski definition) is 4. The fourth-order valence-electron chi connectivity index (χ4n) is 3.40. The van der Waals surface area contributed by atoms with Crippen molar-refractivity contribution in [3.8, 4) is 0 Å². The van der Waals surface area contributed by atoms with Crippen molar-refractivity contribution in [2.45, 2.75) is 64.0 Å². The lowest BCUT2D eigenvalue weighted by Gasteiger charge is -2.61. The lowest BCUT2D eigenvalue weighted by Crippen LogP contribution is -2.67. The molecule has 0 aromatic rings. The van der Waals surface area contributed by atoms with E-state index in [1.807, 2.05) is 6.92 Å². The van der Waals surface area contributed by atoms with Crippen molar-refractivity contribution in [2.75, 3.05) is 13.7 Å². The maximum atomic E-state index is 11.9. The molecule has 2 rings (SSSR count). The van der Waals surface area contributed by atoms with Gasteiger partial charge in [-0.2, -0.15) is 0 Å². The highest BCUT2D eigenvalue weighted by atomic mass is 16.5. The molecular weight excluding hydrogens is 258 g/mol. The summed E-state index contributed by atoms with van der Waals surface area (Å²) in [5, 5.41) is 3.12. The normalized spacial score (nSPS) is 26.5. The third kappa shape index (κ3) is 2.97. The quantitative estimate of drug-likeness (QED) is 0.724. The molecule has 0 saturated heterocycles. The second kappa shape index (κ2) is 6.57. The van der Waals surface area contributed by atoms with E-state index >= 15 is 0 Å². The summed E-state index contributed by atoms with van der Waals surface area (Å²) in [6.07, 6.45) is 6.04. The molecule has 0 bridgehead atoms. The van der Waals surface area contributed by atoms with Crippen LogP contribution >= 0.6 is 0 Å². The van der Waals surface area contributed by atoms with Gasteiger partial charge >= 0.3 is 5.97 Å². The van der Waals surface area contributed by atoms with E-state index in [1.165, 1.54) is 13.5 Å². The van der Waals surface area contributed by atoms with Gasteiger partial charge in [-0.3, -0.25) is 9.59 Å². The SMILES string of the molecule is CCO[C@H]1C[C@@H](NC(=O)CCCC(=O)OC)C12CCC2. The van der Waals surface area contributed by atoms with E-state index in [2.05, 4.69) is 10.1 Å². The Kier molecular flexibility index (Phi) is 5.02. The number of hydrogen-bond donors (Lipinski definition) is 1. The Labute approximate surface area is 120 Å². The van der Waals surface area contributed by atoms with Crippen LogP contribution in [0.15, 0.2) is 0 Å². The first-order chi connectivity index (χ1) is 9.62. The summed E-state index contributed by atoms with van der Waals surface area (Å²) in [6, 6.07) is 0.262. The average Bonchev–Trinajstić information content (AvgIpc) is 2.35. The molecule has 0 aromatic carbocycles. The fourth-order valence-corrected chi connectivity index (χ4v) is 3.40. The summed E-state index contributed by atoms with van der Waals surface area (Å²) >= 11 is 0. The van der Waals surface area contributed by atoms with Crippen LogP contribution in [0.4, 0.5) is 0 Å². The molecule has 2 atom stereocenters. The minimum Gasteiger partial charge on any atom is -0.469 e. The van der Waals surface area contributed by atoms with Crippen LogP contribution < -0.4 is 5.32 Å². The van der Waals surface area contributed by atoms with Crippen molar-refractivity contribution in [3.05, 3.63) is 0 Å². The number of esters is 1. The highest BCUT2D eigenvalue weighted by Gasteiger charge is 2.59. The Morgan fingerprint density at radius 3 is 2.60 bits per heavy atom. The van der Waals surface area contributed by atoms with Crippen molar-refractivity contribution in [1.29, 1.82) is 0 Å². The summed E-state index contributed by atoms with van der Waals surface area (Å²) < 4.78 is 10.3. The highest BCUT2D eigenvalue weighted by Crippen LogP contribution is 2.57. The lowest BCUT2D eigenvalue weighted by atomic mass is 9.51. The molecule has 0 aromatic heterocycles. The van der Waals surface area contributed by atoms with Gasteiger partial charge in [0.15, 0.2) is 0 Å². The Morgan fingerprint density at radius 1 is 1.30 bits per heavy atom. The van der Waals surface area contributed by atoms with E-state index in [0.717, 1.165) is 25.9 Å². The van der Waals surface area contributed by atoms with Gasteiger partial charge in [-0.15, -0.1) is 0 Å². The molecule has 2 saturated carbocycles. The van der Waals surface area contributed by atoms with E-state index in [0.29, 0.717) is 25.4 Å². The first kappa shape index (κ1) is 15.3. The maximum absolute atomic E-state index is 11.9. The van der Waals surface area contributed by atoms with Crippen molar-refractivity contribution in [3.63, 3.8) is 0 Å². The fraction of sp³-hybridized carbons (Fsp3) is 0.867. The first-order valence-electron chi connectivity index (χ1n) is 7.60. The van der Waals surface area contributed by atoms with Gasteiger partial charge in [-0.25, -0.2) is 0 Å². The molecule has 0 radical (unpaired) electrons. The minimum atomic E-state index is -0.256. The average molecular weight is 283 g/mol. The van der Waals surface area contributed by atoms with Crippen molar-refractivity contribution in [1.82, 2.24) is 5.32 Å². The van der Waals surface area contributed by atoms with E-state index in [4.69, 9.17) is 4.74 Å². The Morgan fingerprint density at radius 2 is 2.05 bits per heavy atom. The second-order valence-corrected chi connectivity index (χ2v) is 5.82. The zero-order valence-electron chi connectivity index (χ0n) is 12.4. The van der Waals surface area contributed by atoms with E-state index in [9.17, 15) is 9.59 Å². The maximum Gasteiger partial charge on any atom is 0.305 e. The third-order valence-electron chi connectivity index (χ3n) is 4.78. The molecule has 0 aliphatic heterocycles. The molecule has 0 heterocycles. The molecule has 1 spiro atoms. The summed E-state index contributed by atoms with van der Waals surface area (Å²) in [7, 11) is 1.37. The topological polar surface area (TPSA) is 64.6 Å². The number of nitrogens with one attached hydrogen (secondary N) is 1. The molecule has 0 unspecified atom stereocenters. The van der Waals surface area contributed by atoms with Gasteiger partial charge in [-0.05, 0) is 32.6 Å². The zero-order valence-corrected chi connectivity index (χ0v) is 12.4. The monoisotopic (exact) mass is 283 g/mol. The zero-order chi connectivity index (χ0) is 14.6. The summed E-state index contributed by atoms with van der Waals surface area (Å²) in [6.45, 7) is 2.76. The molecule has 2 aliphatic carbocycles. The van der Waals surface area contributed by atoms with Gasteiger partial charge in [0.2, 0.25) is 5.91 Å². The number of carbonyl (C=O) groups excluding carboxylic acids is 2. The van der Waals surface area contributed by atoms with E-state index < -0.39 is 0 Å². The number of methoxy groups -OCH3 is 1. The van der Waals surface area contributed by atoms with Crippen LogP contribution in [0.5, 0.6) is 0 Å². The van der Waals surface area contributed by atoms with E-state index in [-0.39, 0.29) is 23.3 Å². The molecule has 20 heavy (non-hydrogen) atoms. The largest absolute Gasteiger partial charge is 0.469 e. The van der Waals surface area contributed by atoms with Crippen LogP contribution in [-0.2, 0) is 19.1 Å². The predicted octanol–water partition coefficient (Wildman–Crippen LogP) is 1.79. The number of amides is 1. The van der Waals surface area contributed by atoms with Crippen LogP contribution in [-0.4, -0.2) is 37.7 Å². The number of ether oxygens (including phenoxy) is 2. The molecule has 114 valence electrons. The summed E-state index contributed by atoms with van der Waals surface area (Å²) in [5.74, 6) is -0.214. The molecule has 5 heteroatoms. The standard InChI is InChI=1S/C15H25NO4/c1-3-20-12-10-11(15(12)8-5-9-15)16-13(17)6-4-7-14(18)19-2/h11-12H,3-10H2,1-2H3,(H,16,17)/t11-,12+/m1/s1. The van der Waals surface area contributed by atoms with Gasteiger partial charge < -0.3 is 14.8 Å². The van der Waals surface area contributed by atoms with Crippen molar-refractivity contribution in [2.24, 2.45) is 5.41 Å². The van der Waals surface area contributed by atoms with Gasteiger partial charge in [0.25, 0.3) is 0 Å². The molecule has 1 amide bonds. The third-order valence-corrected chi connectivity index (χ3v) is 4.78. The van der Waals surface area contributed by atoms with Gasteiger partial charge in [-0.1, -0.05) is 6.42 Å². The minimum absolute atomic E-state index is 0.0418. The Hall–Kier alpha value is -1.10. The van der Waals surface area contributed by atoms with E-state index in [1.54, 1.807) is 0 Å². The van der Waals surface area contributed by atoms with Crippen LogP contribution in [0, 0.1) is 5.41 Å². The van der Waals surface area contributed by atoms with Gasteiger partial charge in [0.1, 0.15) is 0 Å². The molecular formula is C15H25NO4. The number of carbonyl (C=O) groups is 2. The smallest absolute Gasteiger partial charge is 0.305 e. The van der Waals surface area contributed by atoms with Crippen LogP contribution in [0.1, 0.15) is 51.9 Å². The van der Waals surface area contributed by atoms with Crippen LogP contribution in [0.2, 0.25) is 0 Å². The first-order valence-corrected chi connectivity index (χ1v) is 7.60. The molecule has 2 aliphatic rings. The summed E-state index contributed by atoms with van der Waals surface area (Å²) in [4.78, 5) is 22.9. The van der Waals surface area contributed by atoms with Gasteiger partial charge in [0, 0.05) is 30.9 Å². The van der Waals surface area contributed by atoms with Crippen LogP contribution in [0.3, 0.4) is 0 Å². The Bertz CT molecular complexity index is 365. The van der Waals surface area contributed by atoms with Crippen LogP contribution in [0.25, 0.3) is 0 Å². The summed E-state index contributed by atoms with van der Waals surface area (Å²) in [5.41, 5.74) is 0.202. The highest BCUT2D eigenvalue weighted by molar-refractivity contribution is 5.77. The Balaban J connectivity index is 1.71. The lowest BCUT2D eigenvalue weighted by molar-refractivity contribution is -0.175.